The lowest BCUT2D eigenvalue weighted by Gasteiger charge is -2.36. The second-order valence-corrected chi connectivity index (χ2v) is 7.95. The summed E-state index contributed by atoms with van der Waals surface area (Å²) in [6.45, 7) is 13.7. The van der Waals surface area contributed by atoms with Crippen molar-refractivity contribution in [2.24, 2.45) is 11.1 Å². The van der Waals surface area contributed by atoms with E-state index >= 15 is 0 Å². The van der Waals surface area contributed by atoms with E-state index in [1.807, 2.05) is 33.1 Å². The average Bonchev–Trinajstić information content (AvgIpc) is 2.63. The lowest BCUT2D eigenvalue weighted by atomic mass is 9.74. The number of aromatic nitrogens is 1. The van der Waals surface area contributed by atoms with E-state index < -0.39 is 11.0 Å². The van der Waals surface area contributed by atoms with E-state index in [-0.39, 0.29) is 11.3 Å². The zero-order valence-electron chi connectivity index (χ0n) is 12.9. The minimum atomic E-state index is -0.666. The Bertz CT molecular complexity index is 464. The minimum Gasteiger partial charge on any atom is -0.325 e. The van der Waals surface area contributed by atoms with Crippen LogP contribution >= 0.6 is 11.3 Å². The monoisotopic (exact) mass is 283 g/mol. The van der Waals surface area contributed by atoms with Crippen molar-refractivity contribution in [1.82, 2.24) is 4.98 Å². The Morgan fingerprint density at radius 1 is 1.21 bits per heavy atom. The Morgan fingerprint density at radius 3 is 2.11 bits per heavy atom. The van der Waals surface area contributed by atoms with Gasteiger partial charge in [0.05, 0.1) is 11.1 Å². The molecule has 0 atom stereocenters. The van der Waals surface area contributed by atoms with Gasteiger partial charge in [-0.25, -0.2) is 4.98 Å². The number of rotatable bonds is 3. The summed E-state index contributed by atoms with van der Waals surface area (Å²) in [6.07, 6.45) is 0. The highest BCUT2D eigenvalue weighted by atomic mass is 32.1. The van der Waals surface area contributed by atoms with Crippen LogP contribution in [0.4, 0.5) is 5.13 Å². The Morgan fingerprint density at radius 2 is 1.74 bits per heavy atom. The SMILES string of the molecule is CC(C)(C)c1csc(NC(=O)C(C)(C)C(C)(C)N)n1. The van der Waals surface area contributed by atoms with Gasteiger partial charge in [-0.05, 0) is 27.7 Å². The molecule has 0 aliphatic carbocycles. The molecule has 3 N–H and O–H groups in total. The fourth-order valence-corrected chi connectivity index (χ4v) is 2.15. The number of carbonyl (C=O) groups excluding carboxylic acids is 1. The molecule has 5 heteroatoms. The van der Waals surface area contributed by atoms with Crippen LogP contribution in [0.2, 0.25) is 0 Å². The van der Waals surface area contributed by atoms with Gasteiger partial charge in [0.2, 0.25) is 5.91 Å². The Labute approximate surface area is 119 Å². The smallest absolute Gasteiger partial charge is 0.233 e. The Hall–Kier alpha value is -0.940. The predicted octanol–water partition coefficient (Wildman–Crippen LogP) is 3.14. The molecule has 19 heavy (non-hydrogen) atoms. The van der Waals surface area contributed by atoms with Gasteiger partial charge < -0.3 is 11.1 Å². The molecule has 1 heterocycles. The van der Waals surface area contributed by atoms with Gasteiger partial charge in [-0.3, -0.25) is 4.79 Å². The first-order valence-electron chi connectivity index (χ1n) is 6.42. The van der Waals surface area contributed by atoms with E-state index in [1.165, 1.54) is 11.3 Å². The molecule has 0 aliphatic rings. The third kappa shape index (κ3) is 3.54. The molecule has 0 unspecified atom stereocenters. The third-order valence-electron chi connectivity index (χ3n) is 3.67. The van der Waals surface area contributed by atoms with Crippen LogP contribution in [-0.2, 0) is 10.2 Å². The van der Waals surface area contributed by atoms with Crippen molar-refractivity contribution in [3.8, 4) is 0 Å². The molecular weight excluding hydrogens is 258 g/mol. The highest BCUT2D eigenvalue weighted by Crippen LogP contribution is 2.31. The topological polar surface area (TPSA) is 68.0 Å². The first-order chi connectivity index (χ1) is 8.35. The lowest BCUT2D eigenvalue weighted by Crippen LogP contribution is -2.53. The summed E-state index contributed by atoms with van der Waals surface area (Å²) < 4.78 is 0. The quantitative estimate of drug-likeness (QED) is 0.895. The van der Waals surface area contributed by atoms with Crippen LogP contribution < -0.4 is 11.1 Å². The van der Waals surface area contributed by atoms with Gasteiger partial charge >= 0.3 is 0 Å². The second kappa shape index (κ2) is 4.87. The van der Waals surface area contributed by atoms with Crippen LogP contribution in [0.25, 0.3) is 0 Å². The molecule has 1 aromatic rings. The van der Waals surface area contributed by atoms with Crippen molar-refractivity contribution >= 4 is 22.4 Å². The number of nitrogens with zero attached hydrogens (tertiary/aromatic N) is 1. The zero-order valence-corrected chi connectivity index (χ0v) is 13.7. The molecular formula is C14H25N3OS. The van der Waals surface area contributed by atoms with E-state index in [4.69, 9.17) is 5.73 Å². The van der Waals surface area contributed by atoms with Gasteiger partial charge in [-0.15, -0.1) is 11.3 Å². The van der Waals surface area contributed by atoms with Gasteiger partial charge in [0, 0.05) is 16.3 Å². The van der Waals surface area contributed by atoms with Crippen molar-refractivity contribution in [3.05, 3.63) is 11.1 Å². The van der Waals surface area contributed by atoms with Crippen LogP contribution in [0.1, 0.15) is 54.2 Å². The number of amides is 1. The number of carbonyl (C=O) groups is 1. The van der Waals surface area contributed by atoms with E-state index in [9.17, 15) is 4.79 Å². The van der Waals surface area contributed by atoms with Crippen molar-refractivity contribution < 1.29 is 4.79 Å². The summed E-state index contributed by atoms with van der Waals surface area (Å²) in [4.78, 5) is 16.8. The van der Waals surface area contributed by atoms with Gasteiger partial charge in [-0.2, -0.15) is 0 Å². The molecule has 108 valence electrons. The maximum absolute atomic E-state index is 12.3. The van der Waals surface area contributed by atoms with Crippen LogP contribution in [-0.4, -0.2) is 16.4 Å². The first kappa shape index (κ1) is 16.1. The normalized spacial score (nSPS) is 13.5. The molecule has 0 saturated heterocycles. The lowest BCUT2D eigenvalue weighted by molar-refractivity contribution is -0.126. The fourth-order valence-electron chi connectivity index (χ4n) is 1.22. The molecule has 0 aromatic carbocycles. The molecule has 0 aliphatic heterocycles. The summed E-state index contributed by atoms with van der Waals surface area (Å²) in [7, 11) is 0. The number of hydrogen-bond donors (Lipinski definition) is 2. The standard InChI is InChI=1S/C14H25N3OS/c1-12(2,3)9-8-19-11(16-9)17-10(18)13(4,5)14(6,7)15/h8H,15H2,1-7H3,(H,16,17,18). The summed E-state index contributed by atoms with van der Waals surface area (Å²) in [5.74, 6) is -0.102. The molecule has 0 bridgehead atoms. The fraction of sp³-hybridized carbons (Fsp3) is 0.714. The molecule has 0 radical (unpaired) electrons. The van der Waals surface area contributed by atoms with Gasteiger partial charge in [0.25, 0.3) is 0 Å². The highest BCUT2D eigenvalue weighted by molar-refractivity contribution is 7.14. The van der Waals surface area contributed by atoms with E-state index in [2.05, 4.69) is 31.1 Å². The van der Waals surface area contributed by atoms with Crippen molar-refractivity contribution in [3.63, 3.8) is 0 Å². The van der Waals surface area contributed by atoms with Crippen LogP contribution in [0.5, 0.6) is 0 Å². The Kier molecular flexibility index (Phi) is 4.13. The summed E-state index contributed by atoms with van der Waals surface area (Å²) >= 11 is 1.45. The largest absolute Gasteiger partial charge is 0.325 e. The number of nitrogens with two attached hydrogens (primary N) is 1. The number of thiazole rings is 1. The minimum absolute atomic E-state index is 0.0118. The third-order valence-corrected chi connectivity index (χ3v) is 4.43. The first-order valence-corrected chi connectivity index (χ1v) is 7.30. The summed E-state index contributed by atoms with van der Waals surface area (Å²) in [5.41, 5.74) is 5.77. The zero-order chi connectivity index (χ0) is 15.1. The van der Waals surface area contributed by atoms with Crippen molar-refractivity contribution in [2.45, 2.75) is 59.4 Å². The molecule has 0 fully saturated rings. The summed E-state index contributed by atoms with van der Waals surface area (Å²) in [5, 5.41) is 5.48. The number of anilines is 1. The van der Waals surface area contributed by atoms with Crippen LogP contribution in [0, 0.1) is 5.41 Å². The number of nitrogens with one attached hydrogen (secondary N) is 1. The summed E-state index contributed by atoms with van der Waals surface area (Å²) in [6, 6.07) is 0. The van der Waals surface area contributed by atoms with E-state index in [1.54, 1.807) is 0 Å². The highest BCUT2D eigenvalue weighted by Gasteiger charge is 2.40. The second-order valence-electron chi connectivity index (χ2n) is 7.09. The van der Waals surface area contributed by atoms with Crippen LogP contribution in [0.15, 0.2) is 5.38 Å². The van der Waals surface area contributed by atoms with Gasteiger partial charge in [-0.1, -0.05) is 20.8 Å². The maximum Gasteiger partial charge on any atom is 0.233 e. The Balaban J connectivity index is 2.87. The van der Waals surface area contributed by atoms with Gasteiger partial charge in [0.1, 0.15) is 0 Å². The van der Waals surface area contributed by atoms with Crippen molar-refractivity contribution in [2.75, 3.05) is 5.32 Å². The van der Waals surface area contributed by atoms with E-state index in [0.29, 0.717) is 5.13 Å². The van der Waals surface area contributed by atoms with Gasteiger partial charge in [0.15, 0.2) is 5.13 Å². The molecule has 4 nitrogen and oxygen atoms in total. The number of hydrogen-bond acceptors (Lipinski definition) is 4. The molecule has 0 saturated carbocycles. The molecule has 1 amide bonds. The van der Waals surface area contributed by atoms with Crippen LogP contribution in [0.3, 0.4) is 0 Å². The maximum atomic E-state index is 12.3. The molecule has 1 aromatic heterocycles. The van der Waals surface area contributed by atoms with Crippen molar-refractivity contribution in [1.29, 1.82) is 0 Å². The predicted molar refractivity (Wildman–Crippen MR) is 81.5 cm³/mol. The average molecular weight is 283 g/mol. The van der Waals surface area contributed by atoms with E-state index in [0.717, 1.165) is 5.69 Å². The molecule has 0 spiro atoms. The molecule has 1 rings (SSSR count).